The summed E-state index contributed by atoms with van der Waals surface area (Å²) in [6, 6.07) is 67.1. The Morgan fingerprint density at radius 3 is 1.60 bits per heavy atom. The van der Waals surface area contributed by atoms with Crippen LogP contribution in [0.15, 0.2) is 212 Å². The van der Waals surface area contributed by atoms with E-state index in [1.807, 2.05) is 0 Å². The lowest BCUT2D eigenvalue weighted by atomic mass is 9.33. The maximum atomic E-state index is 9.34. The van der Waals surface area contributed by atoms with Crippen molar-refractivity contribution in [2.24, 2.45) is 0 Å². The van der Waals surface area contributed by atoms with E-state index >= 15 is 0 Å². The van der Waals surface area contributed by atoms with E-state index in [2.05, 4.69) is 284 Å². The highest BCUT2D eigenvalue weighted by molar-refractivity contribution is 7.00. The van der Waals surface area contributed by atoms with Gasteiger partial charge in [0.25, 0.3) is 6.71 Å². The highest BCUT2D eigenvalue weighted by Crippen LogP contribution is 2.55. The van der Waals surface area contributed by atoms with E-state index in [4.69, 9.17) is 4.11 Å². The van der Waals surface area contributed by atoms with Crippen LogP contribution in [0.4, 0.5) is 11.4 Å². The smallest absolute Gasteiger partial charge is 0.252 e. The number of benzene rings is 11. The Kier molecular flexibility index (Phi) is 10.0. The molecule has 5 heteroatoms. The predicted molar refractivity (Wildman–Crippen MR) is 401 cm³/mol. The molecule has 0 saturated heterocycles. The van der Waals surface area contributed by atoms with Gasteiger partial charge in [-0.3, -0.25) is 0 Å². The van der Waals surface area contributed by atoms with Gasteiger partial charge in [-0.05, 0) is 173 Å². The highest BCUT2D eigenvalue weighted by Gasteiger charge is 2.51. The van der Waals surface area contributed by atoms with Crippen LogP contribution in [0.5, 0.6) is 0 Å². The minimum Gasteiger partial charge on any atom is -0.334 e. The molecule has 0 N–H and O–H groups in total. The van der Waals surface area contributed by atoms with Crippen molar-refractivity contribution in [1.82, 2.24) is 13.5 Å². The second kappa shape index (κ2) is 18.6. The molecule has 7 heterocycles. The van der Waals surface area contributed by atoms with Crippen molar-refractivity contribution in [2.75, 3.05) is 4.90 Å². The number of nitrogens with zero attached hydrogens (tertiary/aromatic N) is 4. The zero-order chi connectivity index (χ0) is 67.6. The molecule has 0 radical (unpaired) electrons. The molecule has 0 amide bonds. The number of anilines is 2. The maximum Gasteiger partial charge on any atom is 0.252 e. The topological polar surface area (TPSA) is 17.5 Å². The number of allylic oxidation sites excluding steroid dienone is 1. The molecule has 15 aromatic rings. The third-order valence-corrected chi connectivity index (χ3v) is 22.1. The van der Waals surface area contributed by atoms with Crippen molar-refractivity contribution < 1.29 is 6.85 Å². The number of aromatic nitrogens is 3. The second-order valence-electron chi connectivity index (χ2n) is 31.6. The minimum atomic E-state index is -0.392. The quantitative estimate of drug-likeness (QED) is 0.158. The van der Waals surface area contributed by atoms with Gasteiger partial charge in [0.2, 0.25) is 0 Å². The Bertz CT molecular complexity index is 6170. The minimum absolute atomic E-state index is 0.0365. The molecule has 4 nitrogen and oxygen atoms in total. The number of rotatable bonds is 2. The van der Waals surface area contributed by atoms with Crippen molar-refractivity contribution in [2.45, 2.75) is 130 Å². The molecule has 2 atom stereocenters. The largest absolute Gasteiger partial charge is 0.334 e. The summed E-state index contributed by atoms with van der Waals surface area (Å²) >= 11 is 0. The number of para-hydroxylation sites is 2. The van der Waals surface area contributed by atoms with Gasteiger partial charge in [0.1, 0.15) is 0 Å². The summed E-state index contributed by atoms with van der Waals surface area (Å²) < 4.78 is 52.9. The SMILES string of the molecule is [2H]c1c([2H])c([2H])c(C2C=C3c4cc(C(C)(C)C)cc5c4N(c4cc6c(c7c4B5c4cc(C(C)(C)C)cc5c8cc(-n9c%10ccc(C(C)(C)C)cc%10c%10cc(C(C)(C)C)ccc%109)ccc8n-7c45)c4cccc5c7ccccc7c7ccccc7c7ccccc7n6c54)C3CC2)c([2H])c1[2H]. The van der Waals surface area contributed by atoms with E-state index in [-0.39, 0.29) is 64.6 Å². The number of hydrogen-bond acceptors (Lipinski definition) is 1. The summed E-state index contributed by atoms with van der Waals surface area (Å²) in [7, 11) is 0. The van der Waals surface area contributed by atoms with Gasteiger partial charge < -0.3 is 18.4 Å². The normalized spacial score (nSPS) is 17.1. The molecule has 4 aliphatic rings. The predicted octanol–water partition coefficient (Wildman–Crippen LogP) is 21.3. The van der Waals surface area contributed by atoms with Crippen LogP contribution in [0.3, 0.4) is 0 Å². The lowest BCUT2D eigenvalue weighted by Gasteiger charge is -2.42. The summed E-state index contributed by atoms with van der Waals surface area (Å²) in [4.78, 5) is 2.71. The van der Waals surface area contributed by atoms with Gasteiger partial charge in [-0.2, -0.15) is 0 Å². The van der Waals surface area contributed by atoms with Crippen molar-refractivity contribution >= 4 is 143 Å². The van der Waals surface area contributed by atoms with Crippen molar-refractivity contribution in [1.29, 1.82) is 0 Å². The molecule has 3 aliphatic heterocycles. The molecular weight excluding hydrogens is 1120 g/mol. The Morgan fingerprint density at radius 1 is 0.409 bits per heavy atom. The summed E-state index contributed by atoms with van der Waals surface area (Å²) in [5, 5.41) is 14.5. The molecular formula is C88H77BN4. The molecule has 452 valence electrons. The molecule has 0 saturated carbocycles. The van der Waals surface area contributed by atoms with Crippen LogP contribution in [-0.4, -0.2) is 26.3 Å². The Balaban J connectivity index is 1.01. The van der Waals surface area contributed by atoms with Gasteiger partial charge in [-0.25, -0.2) is 0 Å². The number of fused-ring (bicyclic) bond motifs is 24. The van der Waals surface area contributed by atoms with Crippen molar-refractivity contribution in [3.05, 3.63) is 246 Å². The van der Waals surface area contributed by atoms with Crippen molar-refractivity contribution in [3.63, 3.8) is 0 Å². The molecule has 0 fully saturated rings. The molecule has 2 unspecified atom stereocenters. The zero-order valence-electron chi connectivity index (χ0n) is 60.3. The third-order valence-electron chi connectivity index (χ3n) is 22.1. The summed E-state index contributed by atoms with van der Waals surface area (Å²) in [5.41, 5.74) is 24.1. The van der Waals surface area contributed by atoms with Gasteiger partial charge in [0, 0.05) is 77.2 Å². The summed E-state index contributed by atoms with van der Waals surface area (Å²) in [5.74, 6) is -0.392. The van der Waals surface area contributed by atoms with E-state index in [0.717, 1.165) is 33.2 Å². The Labute approximate surface area is 552 Å². The molecule has 19 rings (SSSR count). The molecule has 11 aromatic carbocycles. The van der Waals surface area contributed by atoms with Gasteiger partial charge in [-0.1, -0.05) is 229 Å². The zero-order valence-corrected chi connectivity index (χ0v) is 55.3. The van der Waals surface area contributed by atoms with Gasteiger partial charge in [0.15, 0.2) is 0 Å². The Morgan fingerprint density at radius 2 is 0.946 bits per heavy atom. The first-order valence-corrected chi connectivity index (χ1v) is 33.7. The first-order valence-electron chi connectivity index (χ1n) is 36.2. The summed E-state index contributed by atoms with van der Waals surface area (Å²) in [6.45, 7) is 27.8. The maximum absolute atomic E-state index is 9.34. The average Bonchev–Trinajstić information content (AvgIpc) is 1.45. The van der Waals surface area contributed by atoms with E-state index in [0.29, 0.717) is 18.4 Å². The van der Waals surface area contributed by atoms with Crippen LogP contribution in [0.25, 0.3) is 120 Å². The fourth-order valence-electron chi connectivity index (χ4n) is 17.5. The monoisotopic (exact) mass is 1210 g/mol. The van der Waals surface area contributed by atoms with Crippen LogP contribution >= 0.6 is 0 Å². The van der Waals surface area contributed by atoms with Crippen LogP contribution in [0.2, 0.25) is 0 Å². The van der Waals surface area contributed by atoms with Crippen LogP contribution < -0.4 is 21.3 Å². The second-order valence-corrected chi connectivity index (χ2v) is 31.6. The van der Waals surface area contributed by atoms with Crippen molar-refractivity contribution in [3.8, 4) is 11.4 Å². The van der Waals surface area contributed by atoms with E-state index in [1.165, 1.54) is 143 Å². The van der Waals surface area contributed by atoms with E-state index in [1.54, 1.807) is 0 Å². The first kappa shape index (κ1) is 50.0. The van der Waals surface area contributed by atoms with Crippen LogP contribution in [0.1, 0.15) is 142 Å². The van der Waals surface area contributed by atoms with Gasteiger partial charge in [0.05, 0.1) is 51.7 Å². The van der Waals surface area contributed by atoms with Crippen LogP contribution in [-0.2, 0) is 21.7 Å². The first-order chi connectivity index (χ1) is 46.8. The molecule has 0 bridgehead atoms. The number of hydrogen-bond donors (Lipinski definition) is 0. The standard InChI is InChI=1S/C88H77BN4/c1-85(2,3)52-34-38-73-65(42-52)66-43-53(86(4,5)6)35-39-74(66)90(73)56-36-40-76-67(48-56)69-45-55(88(10,11)12)47-71-83(69)93(76)84-79-63-31-22-30-62-60-28-19-17-26-58(60)57-25-16-18-27-59(57)61-29-20-21-32-72(61)91(81(62)63)77(79)49-78-80(84)89(71)70-46-54(87(7,8)9)44-68-64-41-51(50-23-14-13-15-24-50)33-37-75(64)92(78)82(68)70/h13-32,34-36,38-49,51,75H,33,37H2,1-12H3/i13D,14D,15D,23D,24D. The molecule has 4 aromatic heterocycles. The average molecular weight is 1210 g/mol. The fraction of sp³-hybridized carbons (Fsp3) is 0.227. The molecule has 93 heavy (non-hydrogen) atoms. The van der Waals surface area contributed by atoms with Gasteiger partial charge in [-0.15, -0.1) is 0 Å². The van der Waals surface area contributed by atoms with E-state index in [9.17, 15) is 2.74 Å². The summed E-state index contributed by atoms with van der Waals surface area (Å²) in [6.07, 6.45) is 3.63. The third kappa shape index (κ3) is 7.57. The Hall–Kier alpha value is -9.58. The van der Waals surface area contributed by atoms with Gasteiger partial charge >= 0.3 is 0 Å². The lowest BCUT2D eigenvalue weighted by Crippen LogP contribution is -2.61. The molecule has 1 aliphatic carbocycles. The van der Waals surface area contributed by atoms with Crippen LogP contribution in [0, 0.1) is 0 Å². The molecule has 0 spiro atoms. The fourth-order valence-corrected chi connectivity index (χ4v) is 17.5. The van der Waals surface area contributed by atoms with E-state index < -0.39 is 5.92 Å². The lowest BCUT2D eigenvalue weighted by molar-refractivity contribution is 0.590. The highest BCUT2D eigenvalue weighted by atomic mass is 15.2.